The van der Waals surface area contributed by atoms with Crippen LogP contribution in [0.15, 0.2) is 41.0 Å². The quantitative estimate of drug-likeness (QED) is 0.744. The van der Waals surface area contributed by atoms with Gasteiger partial charge in [-0.3, -0.25) is 9.69 Å². The second-order valence-corrected chi connectivity index (χ2v) is 7.92. The van der Waals surface area contributed by atoms with Gasteiger partial charge in [0.1, 0.15) is 11.5 Å². The van der Waals surface area contributed by atoms with Gasteiger partial charge < -0.3 is 14.5 Å². The van der Waals surface area contributed by atoms with Gasteiger partial charge in [0, 0.05) is 36.2 Å². The van der Waals surface area contributed by atoms with Crippen LogP contribution in [0.25, 0.3) is 0 Å². The van der Waals surface area contributed by atoms with Crippen molar-refractivity contribution in [1.29, 1.82) is 0 Å². The van der Waals surface area contributed by atoms with E-state index in [0.717, 1.165) is 30.4 Å². The molecular formula is C18H20Cl2N2O3S. The molecule has 1 N–H and O–H groups in total. The Morgan fingerprint density at radius 2 is 2.12 bits per heavy atom. The summed E-state index contributed by atoms with van der Waals surface area (Å²) in [5.41, 5.74) is 0. The van der Waals surface area contributed by atoms with Gasteiger partial charge in [-0.05, 0) is 30.3 Å². The Balaban J connectivity index is 1.53. The fourth-order valence-electron chi connectivity index (χ4n) is 2.78. The zero-order valence-electron chi connectivity index (χ0n) is 14.1. The lowest BCUT2D eigenvalue weighted by Crippen LogP contribution is -2.42. The molecule has 26 heavy (non-hydrogen) atoms. The third-order valence-electron chi connectivity index (χ3n) is 4.10. The maximum atomic E-state index is 12.2. The third kappa shape index (κ3) is 5.33. The first-order chi connectivity index (χ1) is 12.6. The van der Waals surface area contributed by atoms with E-state index < -0.39 is 0 Å². The monoisotopic (exact) mass is 414 g/mol. The number of ether oxygens (including phenoxy) is 1. The van der Waals surface area contributed by atoms with E-state index in [1.54, 1.807) is 24.5 Å². The van der Waals surface area contributed by atoms with Crippen LogP contribution in [-0.2, 0) is 4.79 Å². The Kier molecular flexibility index (Phi) is 7.14. The predicted molar refractivity (Wildman–Crippen MR) is 105 cm³/mol. The first kappa shape index (κ1) is 19.4. The predicted octanol–water partition coefficient (Wildman–Crippen LogP) is 3.87. The fourth-order valence-corrected chi connectivity index (χ4v) is 4.17. The molecule has 140 valence electrons. The molecule has 3 rings (SSSR count). The maximum absolute atomic E-state index is 12.2. The summed E-state index contributed by atoms with van der Waals surface area (Å²) >= 11 is 13.8. The molecule has 0 radical (unpaired) electrons. The van der Waals surface area contributed by atoms with E-state index in [0.29, 0.717) is 22.3 Å². The van der Waals surface area contributed by atoms with Crippen molar-refractivity contribution in [2.75, 3.05) is 37.7 Å². The van der Waals surface area contributed by atoms with E-state index >= 15 is 0 Å². The highest BCUT2D eigenvalue weighted by Crippen LogP contribution is 2.27. The standard InChI is InChI=1S/C18H20Cl2N2O3S/c19-13-3-4-16(14(20)10-13)25-12-18(23)21-11-15(17-2-1-7-24-17)22-5-8-26-9-6-22/h1-4,7,10,15H,5-6,8-9,11-12H2,(H,21,23)/t15-/m1/s1. The molecule has 1 amide bonds. The Hall–Kier alpha value is -1.34. The van der Waals surface area contributed by atoms with Crippen LogP contribution in [0, 0.1) is 0 Å². The minimum atomic E-state index is -0.209. The van der Waals surface area contributed by atoms with Crippen molar-refractivity contribution >= 4 is 40.9 Å². The molecule has 8 heteroatoms. The van der Waals surface area contributed by atoms with Crippen molar-refractivity contribution in [3.63, 3.8) is 0 Å². The van der Waals surface area contributed by atoms with E-state index in [9.17, 15) is 4.79 Å². The Bertz CT molecular complexity index is 721. The van der Waals surface area contributed by atoms with Crippen molar-refractivity contribution in [2.45, 2.75) is 6.04 Å². The minimum Gasteiger partial charge on any atom is -0.482 e. The number of amides is 1. The third-order valence-corrected chi connectivity index (χ3v) is 5.58. The second-order valence-electron chi connectivity index (χ2n) is 5.85. The van der Waals surface area contributed by atoms with Gasteiger partial charge in [-0.2, -0.15) is 11.8 Å². The van der Waals surface area contributed by atoms with Crippen LogP contribution in [0.2, 0.25) is 10.0 Å². The number of nitrogens with one attached hydrogen (secondary N) is 1. The van der Waals surface area contributed by atoms with Gasteiger partial charge in [0.2, 0.25) is 0 Å². The molecule has 1 saturated heterocycles. The van der Waals surface area contributed by atoms with Crippen molar-refractivity contribution in [1.82, 2.24) is 10.2 Å². The molecule has 0 aliphatic carbocycles. The lowest BCUT2D eigenvalue weighted by molar-refractivity contribution is -0.123. The molecule has 1 aliphatic heterocycles. The lowest BCUT2D eigenvalue weighted by atomic mass is 10.2. The summed E-state index contributed by atoms with van der Waals surface area (Å²) in [6, 6.07) is 8.74. The molecule has 0 bridgehead atoms. The van der Waals surface area contributed by atoms with Crippen LogP contribution >= 0.6 is 35.0 Å². The first-order valence-electron chi connectivity index (χ1n) is 8.33. The summed E-state index contributed by atoms with van der Waals surface area (Å²) in [4.78, 5) is 14.5. The molecule has 1 fully saturated rings. The number of hydrogen-bond acceptors (Lipinski definition) is 5. The number of carbonyl (C=O) groups excluding carboxylic acids is 1. The smallest absolute Gasteiger partial charge is 0.258 e. The summed E-state index contributed by atoms with van der Waals surface area (Å²) in [5, 5.41) is 3.83. The first-order valence-corrected chi connectivity index (χ1v) is 10.2. The van der Waals surface area contributed by atoms with Crippen LogP contribution in [0.4, 0.5) is 0 Å². The molecule has 2 heterocycles. The molecule has 1 aromatic heterocycles. The van der Waals surface area contributed by atoms with Crippen molar-refractivity contribution in [2.24, 2.45) is 0 Å². The summed E-state index contributed by atoms with van der Waals surface area (Å²) in [6.45, 7) is 2.31. The van der Waals surface area contributed by atoms with Crippen LogP contribution in [0.3, 0.4) is 0 Å². The van der Waals surface area contributed by atoms with Gasteiger partial charge in [-0.25, -0.2) is 0 Å². The number of benzene rings is 1. The van der Waals surface area contributed by atoms with Crippen LogP contribution in [-0.4, -0.2) is 48.6 Å². The zero-order chi connectivity index (χ0) is 18.4. The molecule has 0 unspecified atom stereocenters. The van der Waals surface area contributed by atoms with Gasteiger partial charge in [-0.15, -0.1) is 0 Å². The summed E-state index contributed by atoms with van der Waals surface area (Å²) < 4.78 is 11.1. The van der Waals surface area contributed by atoms with Gasteiger partial charge >= 0.3 is 0 Å². The summed E-state index contributed by atoms with van der Waals surface area (Å²) in [6.07, 6.45) is 1.66. The molecule has 0 saturated carbocycles. The SMILES string of the molecule is O=C(COc1ccc(Cl)cc1Cl)NC[C@H](c1ccco1)N1CCSCC1. The Morgan fingerprint density at radius 3 is 2.81 bits per heavy atom. The number of carbonyl (C=O) groups is 1. The highest BCUT2D eigenvalue weighted by atomic mass is 35.5. The average molecular weight is 415 g/mol. The van der Waals surface area contributed by atoms with E-state index in [4.69, 9.17) is 32.4 Å². The summed E-state index contributed by atoms with van der Waals surface area (Å²) in [5.74, 6) is 3.26. The van der Waals surface area contributed by atoms with E-state index in [2.05, 4.69) is 10.2 Å². The molecule has 5 nitrogen and oxygen atoms in total. The zero-order valence-corrected chi connectivity index (χ0v) is 16.4. The molecule has 1 atom stereocenters. The van der Waals surface area contributed by atoms with Gasteiger partial charge in [0.25, 0.3) is 5.91 Å². The molecule has 1 aromatic carbocycles. The van der Waals surface area contributed by atoms with Crippen molar-refractivity contribution < 1.29 is 13.9 Å². The fraction of sp³-hybridized carbons (Fsp3) is 0.389. The van der Waals surface area contributed by atoms with Crippen LogP contribution < -0.4 is 10.1 Å². The highest BCUT2D eigenvalue weighted by Gasteiger charge is 2.25. The van der Waals surface area contributed by atoms with Gasteiger partial charge in [0.05, 0.1) is 17.3 Å². The van der Waals surface area contributed by atoms with E-state index in [1.807, 2.05) is 23.9 Å². The molecule has 1 aliphatic rings. The molecule has 0 spiro atoms. The van der Waals surface area contributed by atoms with Crippen molar-refractivity contribution in [3.05, 3.63) is 52.4 Å². The van der Waals surface area contributed by atoms with Gasteiger partial charge in [-0.1, -0.05) is 23.2 Å². The lowest BCUT2D eigenvalue weighted by Gasteiger charge is -2.33. The highest BCUT2D eigenvalue weighted by molar-refractivity contribution is 7.99. The number of nitrogens with zero attached hydrogens (tertiary/aromatic N) is 1. The number of furan rings is 1. The van der Waals surface area contributed by atoms with Crippen LogP contribution in [0.1, 0.15) is 11.8 Å². The second kappa shape index (κ2) is 9.55. The van der Waals surface area contributed by atoms with Crippen molar-refractivity contribution in [3.8, 4) is 5.75 Å². The normalized spacial score (nSPS) is 16.2. The number of halogens is 2. The Morgan fingerprint density at radius 1 is 1.31 bits per heavy atom. The number of hydrogen-bond donors (Lipinski definition) is 1. The van der Waals surface area contributed by atoms with Crippen LogP contribution in [0.5, 0.6) is 5.75 Å². The van der Waals surface area contributed by atoms with Gasteiger partial charge in [0.15, 0.2) is 6.61 Å². The maximum Gasteiger partial charge on any atom is 0.258 e. The molecule has 2 aromatic rings. The topological polar surface area (TPSA) is 54.7 Å². The minimum absolute atomic E-state index is 0.0222. The summed E-state index contributed by atoms with van der Waals surface area (Å²) in [7, 11) is 0. The van der Waals surface area contributed by atoms with E-state index in [-0.39, 0.29) is 18.6 Å². The Labute approximate surface area is 167 Å². The number of rotatable bonds is 7. The molecular weight excluding hydrogens is 395 g/mol. The number of thioether (sulfide) groups is 1. The van der Waals surface area contributed by atoms with E-state index in [1.165, 1.54) is 0 Å². The largest absolute Gasteiger partial charge is 0.482 e. The average Bonchev–Trinajstić information content (AvgIpc) is 3.16.